The number of carbonyl (C=O) groups is 1. The molecule has 2 rings (SSSR count). The van der Waals surface area contributed by atoms with Gasteiger partial charge in [-0.2, -0.15) is 0 Å². The van der Waals surface area contributed by atoms with Crippen LogP contribution in [0.1, 0.15) is 32.3 Å². The van der Waals surface area contributed by atoms with E-state index in [2.05, 4.69) is 43.0 Å². The van der Waals surface area contributed by atoms with E-state index in [1.54, 1.807) is 0 Å². The summed E-state index contributed by atoms with van der Waals surface area (Å²) in [6.45, 7) is 9.27. The average Bonchev–Trinajstić information content (AvgIpc) is 2.46. The van der Waals surface area contributed by atoms with E-state index in [1.165, 1.54) is 11.3 Å². The van der Waals surface area contributed by atoms with Gasteiger partial charge in [0.1, 0.15) is 0 Å². The molecular weight excluding hydrogens is 298 g/mol. The summed E-state index contributed by atoms with van der Waals surface area (Å²) in [5.41, 5.74) is 7.95. The molecule has 0 spiro atoms. The predicted molar refractivity (Wildman–Crippen MR) is 94.7 cm³/mol. The Kier molecular flexibility index (Phi) is 6.69. The van der Waals surface area contributed by atoms with Gasteiger partial charge < -0.3 is 15.5 Å². The number of amides is 1. The number of aryl methyl sites for hydroxylation is 1. The Morgan fingerprint density at radius 3 is 2.45 bits per heavy atom. The minimum absolute atomic E-state index is 0. The molecule has 0 radical (unpaired) electrons. The molecule has 1 amide bonds. The molecule has 0 aromatic heterocycles. The van der Waals surface area contributed by atoms with Crippen molar-refractivity contribution >= 4 is 24.0 Å². The molecule has 1 aliphatic heterocycles. The van der Waals surface area contributed by atoms with Crippen LogP contribution in [0.5, 0.6) is 0 Å². The van der Waals surface area contributed by atoms with E-state index in [-0.39, 0.29) is 18.3 Å². The molecule has 124 valence electrons. The number of rotatable bonds is 4. The fourth-order valence-corrected chi connectivity index (χ4v) is 2.98. The summed E-state index contributed by atoms with van der Waals surface area (Å²) in [4.78, 5) is 16.7. The molecule has 1 aromatic carbocycles. The van der Waals surface area contributed by atoms with Gasteiger partial charge in [0.25, 0.3) is 0 Å². The van der Waals surface area contributed by atoms with E-state index < -0.39 is 5.54 Å². The number of nitrogens with two attached hydrogens (primary N) is 1. The van der Waals surface area contributed by atoms with Gasteiger partial charge >= 0.3 is 0 Å². The second-order valence-electron chi connectivity index (χ2n) is 6.29. The van der Waals surface area contributed by atoms with E-state index in [4.69, 9.17) is 5.73 Å². The molecule has 0 saturated carbocycles. The summed E-state index contributed by atoms with van der Waals surface area (Å²) < 4.78 is 0. The zero-order chi connectivity index (χ0) is 15.5. The van der Waals surface area contributed by atoms with Crippen molar-refractivity contribution in [3.05, 3.63) is 29.8 Å². The van der Waals surface area contributed by atoms with Crippen LogP contribution in [0.3, 0.4) is 0 Å². The molecule has 1 aliphatic rings. The van der Waals surface area contributed by atoms with Crippen molar-refractivity contribution in [3.8, 4) is 0 Å². The highest BCUT2D eigenvalue weighted by Gasteiger charge is 2.33. The summed E-state index contributed by atoms with van der Waals surface area (Å²) in [5.74, 6) is 0.0910. The van der Waals surface area contributed by atoms with Crippen LogP contribution in [-0.2, 0) is 4.79 Å². The van der Waals surface area contributed by atoms with Crippen molar-refractivity contribution in [2.45, 2.75) is 39.2 Å². The largest absolute Gasteiger partial charge is 0.368 e. The topological polar surface area (TPSA) is 49.6 Å². The third-order valence-electron chi connectivity index (χ3n) is 4.19. The number of anilines is 1. The van der Waals surface area contributed by atoms with Gasteiger partial charge in [0.05, 0.1) is 5.54 Å². The smallest absolute Gasteiger partial charge is 0.242 e. The maximum atomic E-state index is 12.5. The highest BCUT2D eigenvalue weighted by atomic mass is 35.5. The number of piperazine rings is 1. The lowest BCUT2D eigenvalue weighted by Gasteiger charge is -2.39. The van der Waals surface area contributed by atoms with Gasteiger partial charge in [-0.1, -0.05) is 25.5 Å². The van der Waals surface area contributed by atoms with Crippen LogP contribution >= 0.6 is 12.4 Å². The third kappa shape index (κ3) is 4.37. The molecule has 1 saturated heterocycles. The summed E-state index contributed by atoms with van der Waals surface area (Å²) in [6.07, 6.45) is 1.67. The highest BCUT2D eigenvalue weighted by molar-refractivity contribution is 5.86. The van der Waals surface area contributed by atoms with E-state index in [0.717, 1.165) is 39.0 Å². The Balaban J connectivity index is 0.00000242. The number of benzene rings is 1. The van der Waals surface area contributed by atoms with Crippen LogP contribution < -0.4 is 10.6 Å². The van der Waals surface area contributed by atoms with Gasteiger partial charge in [0.15, 0.2) is 0 Å². The van der Waals surface area contributed by atoms with E-state index >= 15 is 0 Å². The molecule has 0 bridgehead atoms. The van der Waals surface area contributed by atoms with Crippen molar-refractivity contribution in [1.29, 1.82) is 0 Å². The van der Waals surface area contributed by atoms with E-state index in [1.807, 2.05) is 11.8 Å². The second kappa shape index (κ2) is 7.84. The first kappa shape index (κ1) is 18.8. The minimum Gasteiger partial charge on any atom is -0.368 e. The van der Waals surface area contributed by atoms with Gasteiger partial charge in [0, 0.05) is 31.9 Å². The van der Waals surface area contributed by atoms with Crippen molar-refractivity contribution < 1.29 is 4.79 Å². The number of hydrogen-bond acceptors (Lipinski definition) is 3. The van der Waals surface area contributed by atoms with Gasteiger partial charge in [-0.3, -0.25) is 4.79 Å². The molecule has 1 heterocycles. The normalized spacial score (nSPS) is 17.6. The number of halogens is 1. The van der Waals surface area contributed by atoms with Crippen molar-refractivity contribution in [1.82, 2.24) is 4.90 Å². The van der Waals surface area contributed by atoms with Gasteiger partial charge in [-0.05, 0) is 38.0 Å². The maximum absolute atomic E-state index is 12.5. The molecule has 0 aliphatic carbocycles. The summed E-state index contributed by atoms with van der Waals surface area (Å²) in [6, 6.07) is 8.52. The molecule has 1 aromatic rings. The number of nitrogens with zero attached hydrogens (tertiary/aromatic N) is 2. The fraction of sp³-hybridized carbons (Fsp3) is 0.588. The van der Waals surface area contributed by atoms with Gasteiger partial charge in [0.2, 0.25) is 5.91 Å². The molecule has 2 N–H and O–H groups in total. The van der Waals surface area contributed by atoms with E-state index in [0.29, 0.717) is 0 Å². The Morgan fingerprint density at radius 1 is 1.27 bits per heavy atom. The Bertz CT molecular complexity index is 496. The molecule has 4 nitrogen and oxygen atoms in total. The number of carbonyl (C=O) groups excluding carboxylic acids is 1. The molecular formula is C17H28ClN3O. The SMILES string of the molecule is CCCC(C)(N)C(=O)N1CCN(c2cccc(C)c2)CC1.Cl. The number of hydrogen-bond donors (Lipinski definition) is 1. The quantitative estimate of drug-likeness (QED) is 0.925. The lowest BCUT2D eigenvalue weighted by molar-refractivity contribution is -0.137. The first-order valence-electron chi connectivity index (χ1n) is 7.84. The van der Waals surface area contributed by atoms with Crippen LogP contribution in [0.25, 0.3) is 0 Å². The third-order valence-corrected chi connectivity index (χ3v) is 4.19. The molecule has 1 atom stereocenters. The van der Waals surface area contributed by atoms with E-state index in [9.17, 15) is 4.79 Å². The van der Waals surface area contributed by atoms with Crippen molar-refractivity contribution in [2.24, 2.45) is 5.73 Å². The standard InChI is InChI=1S/C17H27N3O.ClH/c1-4-8-17(3,18)16(21)20-11-9-19(10-12-20)15-7-5-6-14(2)13-15;/h5-7,13H,4,8-12,18H2,1-3H3;1H. The lowest BCUT2D eigenvalue weighted by atomic mass is 9.95. The zero-order valence-electron chi connectivity index (χ0n) is 13.8. The first-order chi connectivity index (χ1) is 9.94. The van der Waals surface area contributed by atoms with Crippen LogP contribution in [-0.4, -0.2) is 42.5 Å². The average molecular weight is 326 g/mol. The predicted octanol–water partition coefficient (Wildman–Crippen LogP) is 2.58. The van der Waals surface area contributed by atoms with Crippen molar-refractivity contribution in [2.75, 3.05) is 31.1 Å². The molecule has 1 fully saturated rings. The fourth-order valence-electron chi connectivity index (χ4n) is 2.98. The Hall–Kier alpha value is -1.26. The van der Waals surface area contributed by atoms with Crippen LogP contribution in [0.15, 0.2) is 24.3 Å². The zero-order valence-corrected chi connectivity index (χ0v) is 14.7. The van der Waals surface area contributed by atoms with Crippen LogP contribution in [0.2, 0.25) is 0 Å². The van der Waals surface area contributed by atoms with Gasteiger partial charge in [-0.25, -0.2) is 0 Å². The minimum atomic E-state index is -0.722. The monoisotopic (exact) mass is 325 g/mol. The Morgan fingerprint density at radius 2 is 1.91 bits per heavy atom. The maximum Gasteiger partial charge on any atom is 0.242 e. The summed E-state index contributed by atoms with van der Waals surface area (Å²) >= 11 is 0. The molecule has 1 unspecified atom stereocenters. The first-order valence-corrected chi connectivity index (χ1v) is 7.84. The summed E-state index contributed by atoms with van der Waals surface area (Å²) in [5, 5.41) is 0. The summed E-state index contributed by atoms with van der Waals surface area (Å²) in [7, 11) is 0. The lowest BCUT2D eigenvalue weighted by Crippen LogP contribution is -2.58. The van der Waals surface area contributed by atoms with Crippen molar-refractivity contribution in [3.63, 3.8) is 0 Å². The second-order valence-corrected chi connectivity index (χ2v) is 6.29. The molecule has 22 heavy (non-hydrogen) atoms. The molecule has 5 heteroatoms. The Labute approximate surface area is 140 Å². The van der Waals surface area contributed by atoms with Crippen LogP contribution in [0.4, 0.5) is 5.69 Å². The van der Waals surface area contributed by atoms with Gasteiger partial charge in [-0.15, -0.1) is 12.4 Å². The van der Waals surface area contributed by atoms with Crippen LogP contribution in [0, 0.1) is 6.92 Å². The highest BCUT2D eigenvalue weighted by Crippen LogP contribution is 2.20.